The van der Waals surface area contributed by atoms with E-state index >= 15 is 0 Å². The molecule has 0 aromatic heterocycles. The van der Waals surface area contributed by atoms with E-state index in [4.69, 9.17) is 0 Å². The number of Topliss-reactive ketones (excluding diaryl/α,β-unsaturated/α-hetero) is 1. The Hall–Kier alpha value is -0.630. The fraction of sp³-hybridized carbons (Fsp3) is 0.364. The first-order valence-corrected chi connectivity index (χ1v) is 5.01. The van der Waals surface area contributed by atoms with Crippen molar-refractivity contribution in [2.45, 2.75) is 27.7 Å². The number of aryl methyl sites for hydroxylation is 2. The molecule has 0 heterocycles. The van der Waals surface area contributed by atoms with Gasteiger partial charge in [-0.1, -0.05) is 22.0 Å². The van der Waals surface area contributed by atoms with Crippen LogP contribution >= 0.6 is 15.9 Å². The maximum Gasteiger partial charge on any atom is 0.160 e. The van der Waals surface area contributed by atoms with Gasteiger partial charge in [0.1, 0.15) is 0 Å². The second-order valence-corrected chi connectivity index (χ2v) is 4.17. The van der Waals surface area contributed by atoms with Crippen molar-refractivity contribution in [3.63, 3.8) is 0 Å². The Morgan fingerprint density at radius 1 is 1.23 bits per heavy atom. The van der Waals surface area contributed by atoms with E-state index in [9.17, 15) is 4.79 Å². The van der Waals surface area contributed by atoms with Crippen LogP contribution in [0.5, 0.6) is 0 Å². The van der Waals surface area contributed by atoms with Gasteiger partial charge in [-0.2, -0.15) is 0 Å². The molecule has 13 heavy (non-hydrogen) atoms. The van der Waals surface area contributed by atoms with Crippen LogP contribution in [-0.2, 0) is 0 Å². The number of ketones is 1. The van der Waals surface area contributed by atoms with Gasteiger partial charge in [0.05, 0.1) is 0 Å². The molecule has 0 N–H and O–H groups in total. The number of hydrogen-bond acceptors (Lipinski definition) is 1. The Bertz CT molecular complexity index is 367. The van der Waals surface area contributed by atoms with Crippen molar-refractivity contribution < 1.29 is 4.79 Å². The third-order valence-corrected chi connectivity index (χ3v) is 3.45. The SMILES string of the molecule is CC(=O)c1c(C)cc(C)c(Br)c1C. The second kappa shape index (κ2) is 3.62. The van der Waals surface area contributed by atoms with Crippen LogP contribution in [0.4, 0.5) is 0 Å². The van der Waals surface area contributed by atoms with Gasteiger partial charge in [0.15, 0.2) is 5.78 Å². The molecule has 0 unspecified atom stereocenters. The summed E-state index contributed by atoms with van der Waals surface area (Å²) in [5, 5.41) is 0. The fourth-order valence-electron chi connectivity index (χ4n) is 1.70. The number of carbonyl (C=O) groups excluding carboxylic acids is 1. The topological polar surface area (TPSA) is 17.1 Å². The van der Waals surface area contributed by atoms with E-state index in [-0.39, 0.29) is 5.78 Å². The first-order chi connectivity index (χ1) is 5.95. The summed E-state index contributed by atoms with van der Waals surface area (Å²) >= 11 is 3.48. The largest absolute Gasteiger partial charge is 0.294 e. The van der Waals surface area contributed by atoms with Crippen LogP contribution in [0.2, 0.25) is 0 Å². The quantitative estimate of drug-likeness (QED) is 0.687. The van der Waals surface area contributed by atoms with Gasteiger partial charge in [0.2, 0.25) is 0 Å². The van der Waals surface area contributed by atoms with E-state index in [0.29, 0.717) is 0 Å². The van der Waals surface area contributed by atoms with Crippen LogP contribution in [0.15, 0.2) is 10.5 Å². The van der Waals surface area contributed by atoms with Crippen molar-refractivity contribution >= 4 is 21.7 Å². The molecule has 0 saturated heterocycles. The van der Waals surface area contributed by atoms with Crippen molar-refractivity contribution in [2.24, 2.45) is 0 Å². The van der Waals surface area contributed by atoms with Crippen molar-refractivity contribution in [2.75, 3.05) is 0 Å². The predicted molar refractivity (Wildman–Crippen MR) is 58.4 cm³/mol. The molecule has 0 radical (unpaired) electrons. The monoisotopic (exact) mass is 240 g/mol. The van der Waals surface area contributed by atoms with Crippen molar-refractivity contribution in [3.8, 4) is 0 Å². The lowest BCUT2D eigenvalue weighted by Gasteiger charge is -2.10. The van der Waals surface area contributed by atoms with Crippen LogP contribution in [0.25, 0.3) is 0 Å². The third kappa shape index (κ3) is 1.83. The summed E-state index contributed by atoms with van der Waals surface area (Å²) in [6.07, 6.45) is 0. The molecule has 2 heteroatoms. The number of hydrogen-bond donors (Lipinski definition) is 0. The minimum absolute atomic E-state index is 0.135. The van der Waals surface area contributed by atoms with Crippen molar-refractivity contribution in [1.82, 2.24) is 0 Å². The van der Waals surface area contributed by atoms with Gasteiger partial charge in [0, 0.05) is 10.0 Å². The summed E-state index contributed by atoms with van der Waals surface area (Å²) in [5.74, 6) is 0.135. The lowest BCUT2D eigenvalue weighted by molar-refractivity contribution is 0.101. The normalized spacial score (nSPS) is 10.2. The highest BCUT2D eigenvalue weighted by Gasteiger charge is 2.11. The van der Waals surface area contributed by atoms with Crippen LogP contribution in [0.1, 0.15) is 34.0 Å². The molecule has 0 bridgehead atoms. The lowest BCUT2D eigenvalue weighted by Crippen LogP contribution is -2.01. The number of halogens is 1. The molecule has 1 aromatic rings. The van der Waals surface area contributed by atoms with Gasteiger partial charge in [-0.15, -0.1) is 0 Å². The Labute approximate surface area is 87.3 Å². The molecule has 0 spiro atoms. The summed E-state index contributed by atoms with van der Waals surface area (Å²) in [4.78, 5) is 11.3. The van der Waals surface area contributed by atoms with E-state index in [1.807, 2.05) is 26.8 Å². The molecule has 1 nitrogen and oxygen atoms in total. The van der Waals surface area contributed by atoms with E-state index in [1.54, 1.807) is 6.92 Å². The Balaban J connectivity index is 3.53. The molecule has 1 rings (SSSR count). The van der Waals surface area contributed by atoms with Crippen LogP contribution in [0, 0.1) is 20.8 Å². The van der Waals surface area contributed by atoms with Gasteiger partial charge >= 0.3 is 0 Å². The van der Waals surface area contributed by atoms with Crippen LogP contribution in [-0.4, -0.2) is 5.78 Å². The summed E-state index contributed by atoms with van der Waals surface area (Å²) in [5.41, 5.74) is 4.13. The van der Waals surface area contributed by atoms with E-state index < -0.39 is 0 Å². The molecule has 0 fully saturated rings. The van der Waals surface area contributed by atoms with E-state index in [2.05, 4.69) is 15.9 Å². The number of carbonyl (C=O) groups is 1. The molecule has 1 aromatic carbocycles. The van der Waals surface area contributed by atoms with Crippen LogP contribution < -0.4 is 0 Å². The summed E-state index contributed by atoms with van der Waals surface area (Å²) in [6.45, 7) is 7.59. The highest BCUT2D eigenvalue weighted by atomic mass is 79.9. The summed E-state index contributed by atoms with van der Waals surface area (Å²) in [7, 11) is 0. The zero-order valence-corrected chi connectivity index (χ0v) is 9.95. The molecular formula is C11H13BrO. The zero-order chi connectivity index (χ0) is 10.2. The molecule has 0 saturated carbocycles. The molecule has 70 valence electrons. The van der Waals surface area contributed by atoms with Gasteiger partial charge in [-0.3, -0.25) is 4.79 Å². The number of rotatable bonds is 1. The average molecular weight is 241 g/mol. The minimum Gasteiger partial charge on any atom is -0.294 e. The average Bonchev–Trinajstić information content (AvgIpc) is 1.99. The maximum atomic E-state index is 11.3. The van der Waals surface area contributed by atoms with Crippen molar-refractivity contribution in [3.05, 3.63) is 32.8 Å². The summed E-state index contributed by atoms with van der Waals surface area (Å²) in [6, 6.07) is 2.04. The van der Waals surface area contributed by atoms with Crippen LogP contribution in [0.3, 0.4) is 0 Å². The smallest absolute Gasteiger partial charge is 0.160 e. The summed E-state index contributed by atoms with van der Waals surface area (Å²) < 4.78 is 1.04. The molecule has 0 aliphatic carbocycles. The zero-order valence-electron chi connectivity index (χ0n) is 8.36. The van der Waals surface area contributed by atoms with Gasteiger partial charge in [0.25, 0.3) is 0 Å². The Morgan fingerprint density at radius 2 is 1.77 bits per heavy atom. The molecule has 0 aliphatic heterocycles. The molecule has 0 atom stereocenters. The van der Waals surface area contributed by atoms with Gasteiger partial charge in [-0.05, 0) is 44.4 Å². The lowest BCUT2D eigenvalue weighted by atomic mass is 9.97. The highest BCUT2D eigenvalue weighted by Crippen LogP contribution is 2.27. The third-order valence-electron chi connectivity index (χ3n) is 2.23. The first-order valence-electron chi connectivity index (χ1n) is 4.22. The molecule has 0 amide bonds. The molecule has 0 aliphatic rings. The fourth-order valence-corrected chi connectivity index (χ4v) is 2.02. The first kappa shape index (κ1) is 10.5. The van der Waals surface area contributed by atoms with Gasteiger partial charge in [-0.25, -0.2) is 0 Å². The van der Waals surface area contributed by atoms with E-state index in [1.165, 1.54) is 5.56 Å². The van der Waals surface area contributed by atoms with E-state index in [0.717, 1.165) is 21.2 Å². The van der Waals surface area contributed by atoms with Crippen molar-refractivity contribution in [1.29, 1.82) is 0 Å². The van der Waals surface area contributed by atoms with Gasteiger partial charge < -0.3 is 0 Å². The Morgan fingerprint density at radius 3 is 2.23 bits per heavy atom. The molecular weight excluding hydrogens is 228 g/mol. The Kier molecular flexibility index (Phi) is 2.91. The minimum atomic E-state index is 0.135. The second-order valence-electron chi connectivity index (χ2n) is 3.38. The predicted octanol–water partition coefficient (Wildman–Crippen LogP) is 3.58. The highest BCUT2D eigenvalue weighted by molar-refractivity contribution is 9.10. The standard InChI is InChI=1S/C11H13BrO/c1-6-5-7(2)11(12)8(3)10(6)9(4)13/h5H,1-4H3. The maximum absolute atomic E-state index is 11.3. The number of benzene rings is 1.